The van der Waals surface area contributed by atoms with Gasteiger partial charge in [-0.1, -0.05) is 18.2 Å². The van der Waals surface area contributed by atoms with Crippen molar-refractivity contribution in [1.82, 2.24) is 15.2 Å². The van der Waals surface area contributed by atoms with Gasteiger partial charge in [-0.2, -0.15) is 0 Å². The van der Waals surface area contributed by atoms with E-state index in [0.717, 1.165) is 29.4 Å². The number of aliphatic imine (C=N–C) groups is 1. The molecule has 2 aromatic rings. The summed E-state index contributed by atoms with van der Waals surface area (Å²) in [4.78, 5) is 22.9. The van der Waals surface area contributed by atoms with E-state index in [2.05, 4.69) is 20.6 Å². The molecule has 0 saturated heterocycles. The molecule has 1 heterocycles. The average Bonchev–Trinajstić information content (AvgIpc) is 2.71. The number of hydrogen-bond donors (Lipinski definition) is 2. The first-order valence-electron chi connectivity index (χ1n) is 9.95. The summed E-state index contributed by atoms with van der Waals surface area (Å²) < 4.78 is 5.48. The molecule has 0 saturated carbocycles. The number of pyridine rings is 1. The van der Waals surface area contributed by atoms with Gasteiger partial charge in [0.1, 0.15) is 11.6 Å². The van der Waals surface area contributed by atoms with Gasteiger partial charge in [-0.05, 0) is 50.1 Å². The van der Waals surface area contributed by atoms with Gasteiger partial charge in [-0.3, -0.25) is 9.79 Å². The topological polar surface area (TPSA) is 78.8 Å². The molecule has 0 fully saturated rings. The number of anilines is 1. The van der Waals surface area contributed by atoms with E-state index in [9.17, 15) is 4.79 Å². The van der Waals surface area contributed by atoms with Crippen molar-refractivity contribution in [2.45, 2.75) is 33.7 Å². The lowest BCUT2D eigenvalue weighted by atomic mass is 10.2. The first kappa shape index (κ1) is 22.2. The van der Waals surface area contributed by atoms with Crippen LogP contribution in [0.5, 0.6) is 5.75 Å². The highest BCUT2D eigenvalue weighted by molar-refractivity contribution is 5.90. The van der Waals surface area contributed by atoms with Gasteiger partial charge in [-0.15, -0.1) is 0 Å². The number of amides is 1. The predicted molar refractivity (Wildman–Crippen MR) is 117 cm³/mol. The third-order valence-corrected chi connectivity index (χ3v) is 4.13. The lowest BCUT2D eigenvalue weighted by Crippen LogP contribution is -2.38. The summed E-state index contributed by atoms with van der Waals surface area (Å²) in [6.45, 7) is 8.47. The minimum absolute atomic E-state index is 0.102. The molecule has 2 N–H and O–H groups in total. The van der Waals surface area contributed by atoms with E-state index in [1.807, 2.05) is 63.1 Å². The van der Waals surface area contributed by atoms with Crippen LogP contribution in [-0.2, 0) is 11.3 Å². The normalized spacial score (nSPS) is 11.1. The number of carbonyl (C=O) groups is 1. The molecule has 156 valence electrons. The highest BCUT2D eigenvalue weighted by Crippen LogP contribution is 2.13. The van der Waals surface area contributed by atoms with Gasteiger partial charge >= 0.3 is 0 Å². The molecule has 0 aliphatic carbocycles. The molecule has 0 aliphatic rings. The van der Waals surface area contributed by atoms with Crippen molar-refractivity contribution in [2.24, 2.45) is 4.99 Å². The van der Waals surface area contributed by atoms with Crippen LogP contribution in [0.1, 0.15) is 31.4 Å². The number of aryl methyl sites for hydroxylation is 1. The Balaban J connectivity index is 1.88. The van der Waals surface area contributed by atoms with E-state index < -0.39 is 0 Å². The Kier molecular flexibility index (Phi) is 8.95. The van der Waals surface area contributed by atoms with Crippen LogP contribution in [0.25, 0.3) is 0 Å². The van der Waals surface area contributed by atoms with E-state index in [1.54, 1.807) is 12.3 Å². The number of benzene rings is 1. The molecular formula is C22H31N5O2. The van der Waals surface area contributed by atoms with Crippen LogP contribution in [0.4, 0.5) is 5.82 Å². The Hall–Kier alpha value is -3.09. The first-order valence-corrected chi connectivity index (χ1v) is 9.95. The van der Waals surface area contributed by atoms with Gasteiger partial charge in [0.2, 0.25) is 5.91 Å². The summed E-state index contributed by atoms with van der Waals surface area (Å²) in [7, 11) is 1.98. The molecule has 0 unspecified atom stereocenters. The molecule has 0 atom stereocenters. The molecule has 7 heteroatoms. The third kappa shape index (κ3) is 7.81. The number of hydrogen-bond acceptors (Lipinski definition) is 4. The maximum atomic E-state index is 12.1. The zero-order chi connectivity index (χ0) is 21.1. The zero-order valence-corrected chi connectivity index (χ0v) is 17.7. The van der Waals surface area contributed by atoms with Gasteiger partial charge in [0.15, 0.2) is 5.96 Å². The van der Waals surface area contributed by atoms with Gasteiger partial charge in [0.05, 0.1) is 13.2 Å². The van der Waals surface area contributed by atoms with Gasteiger partial charge in [0.25, 0.3) is 0 Å². The third-order valence-electron chi connectivity index (χ3n) is 4.13. The van der Waals surface area contributed by atoms with E-state index in [1.165, 1.54) is 0 Å². The minimum Gasteiger partial charge on any atom is -0.494 e. The van der Waals surface area contributed by atoms with Crippen LogP contribution in [-0.4, -0.2) is 48.5 Å². The average molecular weight is 398 g/mol. The van der Waals surface area contributed by atoms with Crippen LogP contribution >= 0.6 is 0 Å². The molecule has 0 bridgehead atoms. The highest BCUT2D eigenvalue weighted by Gasteiger charge is 2.08. The van der Waals surface area contributed by atoms with Crippen molar-refractivity contribution in [2.75, 3.05) is 32.1 Å². The Morgan fingerprint density at radius 1 is 1.17 bits per heavy atom. The van der Waals surface area contributed by atoms with E-state index in [-0.39, 0.29) is 5.91 Å². The molecule has 0 spiro atoms. The first-order chi connectivity index (χ1) is 14.0. The Labute approximate surface area is 173 Å². The van der Waals surface area contributed by atoms with E-state index in [4.69, 9.17) is 4.74 Å². The second-order valence-corrected chi connectivity index (χ2v) is 6.69. The number of aromatic nitrogens is 1. The van der Waals surface area contributed by atoms with Crippen LogP contribution in [0, 0.1) is 6.92 Å². The molecule has 1 aromatic carbocycles. The lowest BCUT2D eigenvalue weighted by Gasteiger charge is -2.22. The van der Waals surface area contributed by atoms with Crippen LogP contribution in [0.15, 0.2) is 47.6 Å². The fraction of sp³-hybridized carbons (Fsp3) is 0.409. The number of carbonyl (C=O) groups excluding carboxylic acids is 1. The largest absolute Gasteiger partial charge is 0.494 e. The molecule has 0 aliphatic heterocycles. The van der Waals surface area contributed by atoms with Crippen molar-refractivity contribution >= 4 is 17.7 Å². The number of ether oxygens (including phenoxy) is 1. The molecular weight excluding hydrogens is 366 g/mol. The minimum atomic E-state index is -0.102. The molecule has 29 heavy (non-hydrogen) atoms. The summed E-state index contributed by atoms with van der Waals surface area (Å²) in [5.74, 6) is 2.09. The Bertz CT molecular complexity index is 788. The second kappa shape index (κ2) is 11.7. The lowest BCUT2D eigenvalue weighted by molar-refractivity contribution is -0.116. The smallest absolute Gasteiger partial charge is 0.227 e. The summed E-state index contributed by atoms with van der Waals surface area (Å²) in [6.07, 6.45) is 2.02. The van der Waals surface area contributed by atoms with Crippen LogP contribution in [0.2, 0.25) is 0 Å². The molecule has 1 aromatic heterocycles. The number of nitrogens with zero attached hydrogens (tertiary/aromatic N) is 3. The maximum absolute atomic E-state index is 12.1. The summed E-state index contributed by atoms with van der Waals surface area (Å²) in [6, 6.07) is 11.8. The predicted octanol–water partition coefficient (Wildman–Crippen LogP) is 3.21. The van der Waals surface area contributed by atoms with Crippen LogP contribution in [0.3, 0.4) is 0 Å². The fourth-order valence-corrected chi connectivity index (χ4v) is 2.69. The summed E-state index contributed by atoms with van der Waals surface area (Å²) in [5, 5.41) is 6.07. The van der Waals surface area contributed by atoms with E-state index >= 15 is 0 Å². The number of nitrogens with one attached hydrogen (secondary N) is 2. The van der Waals surface area contributed by atoms with Gasteiger partial charge in [-0.25, -0.2) is 4.98 Å². The monoisotopic (exact) mass is 397 g/mol. The zero-order valence-electron chi connectivity index (χ0n) is 17.7. The molecule has 1 amide bonds. The number of guanidine groups is 1. The maximum Gasteiger partial charge on any atom is 0.227 e. The Morgan fingerprint density at radius 3 is 2.55 bits per heavy atom. The summed E-state index contributed by atoms with van der Waals surface area (Å²) >= 11 is 0. The number of rotatable bonds is 9. The van der Waals surface area contributed by atoms with Crippen molar-refractivity contribution < 1.29 is 9.53 Å². The quantitative estimate of drug-likeness (QED) is 0.502. The van der Waals surface area contributed by atoms with Crippen LogP contribution < -0.4 is 15.4 Å². The summed E-state index contributed by atoms with van der Waals surface area (Å²) in [5.41, 5.74) is 2.21. The second-order valence-electron chi connectivity index (χ2n) is 6.69. The molecule has 0 radical (unpaired) electrons. The Morgan fingerprint density at radius 2 is 1.93 bits per heavy atom. The van der Waals surface area contributed by atoms with Crippen molar-refractivity contribution in [1.29, 1.82) is 0 Å². The highest BCUT2D eigenvalue weighted by atomic mass is 16.5. The van der Waals surface area contributed by atoms with E-state index in [0.29, 0.717) is 31.9 Å². The standard InChI is InChI=1S/C22H31N5O2/c1-5-23-22(27(4)16-18-8-10-19(11-9-18)29-6-2)24-14-13-21(28)26-20-12-7-17(3)15-25-20/h7-12,15H,5-6,13-14,16H2,1-4H3,(H,23,24)(H,25,26,28). The van der Waals surface area contributed by atoms with Crippen molar-refractivity contribution in [3.8, 4) is 5.75 Å². The molecule has 7 nitrogen and oxygen atoms in total. The fourth-order valence-electron chi connectivity index (χ4n) is 2.69. The van der Waals surface area contributed by atoms with Gasteiger partial charge < -0.3 is 20.3 Å². The van der Waals surface area contributed by atoms with Crippen molar-refractivity contribution in [3.05, 3.63) is 53.7 Å². The molecule has 2 rings (SSSR count). The van der Waals surface area contributed by atoms with Crippen molar-refractivity contribution in [3.63, 3.8) is 0 Å². The SMILES string of the molecule is CCNC(=NCCC(=O)Nc1ccc(C)cn1)N(C)Cc1ccc(OCC)cc1. The van der Waals surface area contributed by atoms with Gasteiger partial charge in [0, 0.05) is 32.8 Å².